The Morgan fingerprint density at radius 1 is 1.45 bits per heavy atom. The lowest BCUT2D eigenvalue weighted by Gasteiger charge is -2.12. The third-order valence-corrected chi connectivity index (χ3v) is 4.02. The summed E-state index contributed by atoms with van der Waals surface area (Å²) in [5.41, 5.74) is 2.90. The fraction of sp³-hybridized carbons (Fsp3) is 0.333. The van der Waals surface area contributed by atoms with Gasteiger partial charge in [-0.1, -0.05) is 30.3 Å². The largest absolute Gasteiger partial charge is 0.326 e. The molecule has 3 amide bonds. The normalized spacial score (nSPS) is 18.4. The Hall–Kier alpha value is -1.81. The number of benzene rings is 1. The van der Waals surface area contributed by atoms with Crippen LogP contribution in [0.25, 0.3) is 5.57 Å². The van der Waals surface area contributed by atoms with E-state index in [9.17, 15) is 9.59 Å². The molecular formula is C15H17ClN2O2. The fourth-order valence-electron chi connectivity index (χ4n) is 2.28. The second-order valence-electron chi connectivity index (χ2n) is 4.95. The Kier molecular flexibility index (Phi) is 4.14. The van der Waals surface area contributed by atoms with Crippen LogP contribution in [-0.2, 0) is 4.79 Å². The fourth-order valence-corrected chi connectivity index (χ4v) is 2.46. The number of amides is 3. The van der Waals surface area contributed by atoms with Crippen molar-refractivity contribution in [2.45, 2.75) is 25.8 Å². The monoisotopic (exact) mass is 292 g/mol. The van der Waals surface area contributed by atoms with Gasteiger partial charge >= 0.3 is 6.03 Å². The van der Waals surface area contributed by atoms with Crippen molar-refractivity contribution in [1.82, 2.24) is 10.2 Å². The van der Waals surface area contributed by atoms with Gasteiger partial charge in [-0.3, -0.25) is 9.69 Å². The zero-order chi connectivity index (χ0) is 14.9. The number of nitrogens with zero attached hydrogens (tertiary/aromatic N) is 1. The van der Waals surface area contributed by atoms with Crippen molar-refractivity contribution in [3.63, 3.8) is 0 Å². The van der Waals surface area contributed by atoms with Crippen molar-refractivity contribution in [1.29, 1.82) is 0 Å². The summed E-state index contributed by atoms with van der Waals surface area (Å²) < 4.78 is 0. The summed E-state index contributed by atoms with van der Waals surface area (Å²) in [5, 5.41) is 3.36. The number of rotatable bonds is 4. The summed E-state index contributed by atoms with van der Waals surface area (Å²) in [4.78, 5) is 24.2. The Bertz CT molecular complexity index is 583. The molecule has 1 aliphatic rings. The van der Waals surface area contributed by atoms with E-state index in [0.29, 0.717) is 17.9 Å². The maximum absolute atomic E-state index is 11.8. The van der Waals surface area contributed by atoms with Crippen LogP contribution in [0.3, 0.4) is 0 Å². The lowest BCUT2D eigenvalue weighted by Crippen LogP contribution is -2.28. The molecule has 0 aliphatic carbocycles. The molecule has 0 saturated carbocycles. The second-order valence-corrected chi connectivity index (χ2v) is 5.36. The number of hydrogen-bond acceptors (Lipinski definition) is 2. The van der Waals surface area contributed by atoms with Crippen LogP contribution in [0.15, 0.2) is 24.8 Å². The molecule has 1 heterocycles. The Morgan fingerprint density at radius 2 is 2.15 bits per heavy atom. The summed E-state index contributed by atoms with van der Waals surface area (Å²) in [6, 6.07) is 4.88. The number of imide groups is 1. The summed E-state index contributed by atoms with van der Waals surface area (Å²) in [6.07, 6.45) is 1.17. The van der Waals surface area contributed by atoms with E-state index < -0.39 is 6.04 Å². The summed E-state index contributed by atoms with van der Waals surface area (Å²) >= 11 is 6.09. The predicted octanol–water partition coefficient (Wildman–Crippen LogP) is 2.99. The number of carbonyl (C=O) groups excluding carboxylic acids is 2. The minimum atomic E-state index is -0.455. The number of allylic oxidation sites excluding steroid dienone is 1. The van der Waals surface area contributed by atoms with Gasteiger partial charge in [-0.15, -0.1) is 0 Å². The van der Waals surface area contributed by atoms with Gasteiger partial charge in [0.1, 0.15) is 6.04 Å². The summed E-state index contributed by atoms with van der Waals surface area (Å²) in [5.74, 6) is -0.189. The number of likely N-dealkylation sites (N-methyl/N-ethyl adjacent to an activating group) is 1. The highest BCUT2D eigenvalue weighted by molar-refractivity contribution is 6.31. The van der Waals surface area contributed by atoms with Gasteiger partial charge in [-0.2, -0.15) is 0 Å². The standard InChI is InChI=1S/C15H17ClN2O2/c1-9(11-5-4-6-12(16)10(11)2)7-8-13-14(19)18(3)15(20)17-13/h4-6,13H,1,7-8H2,2-3H3,(H,17,20). The van der Waals surface area contributed by atoms with Crippen LogP contribution in [-0.4, -0.2) is 29.9 Å². The molecule has 0 spiro atoms. The van der Waals surface area contributed by atoms with E-state index in [0.717, 1.165) is 21.6 Å². The van der Waals surface area contributed by atoms with Crippen LogP contribution in [0, 0.1) is 6.92 Å². The topological polar surface area (TPSA) is 49.4 Å². The molecule has 5 heteroatoms. The van der Waals surface area contributed by atoms with E-state index in [1.807, 2.05) is 25.1 Å². The molecule has 4 nitrogen and oxygen atoms in total. The van der Waals surface area contributed by atoms with E-state index >= 15 is 0 Å². The number of hydrogen-bond donors (Lipinski definition) is 1. The molecule has 1 N–H and O–H groups in total. The summed E-state index contributed by atoms with van der Waals surface area (Å²) in [6.45, 7) is 6.00. The zero-order valence-electron chi connectivity index (χ0n) is 11.6. The van der Waals surface area contributed by atoms with Gasteiger partial charge in [0.05, 0.1) is 0 Å². The molecule has 1 aliphatic heterocycles. The first kappa shape index (κ1) is 14.6. The number of carbonyl (C=O) groups is 2. The molecule has 0 aromatic heterocycles. The van der Waals surface area contributed by atoms with Crippen molar-refractivity contribution >= 4 is 29.1 Å². The van der Waals surface area contributed by atoms with E-state index in [1.165, 1.54) is 7.05 Å². The van der Waals surface area contributed by atoms with Gasteiger partial charge in [0.15, 0.2) is 0 Å². The molecule has 1 saturated heterocycles. The smallest absolute Gasteiger partial charge is 0.324 e. The molecule has 20 heavy (non-hydrogen) atoms. The highest BCUT2D eigenvalue weighted by atomic mass is 35.5. The zero-order valence-corrected chi connectivity index (χ0v) is 12.3. The lowest BCUT2D eigenvalue weighted by molar-refractivity contribution is -0.126. The third kappa shape index (κ3) is 2.70. The van der Waals surface area contributed by atoms with Crippen LogP contribution < -0.4 is 5.32 Å². The SMILES string of the molecule is C=C(CCC1NC(=O)N(C)C1=O)c1cccc(Cl)c1C. The molecule has 1 fully saturated rings. The second kappa shape index (κ2) is 5.67. The number of nitrogens with one attached hydrogen (secondary N) is 1. The minimum absolute atomic E-state index is 0.189. The summed E-state index contributed by atoms with van der Waals surface area (Å²) in [7, 11) is 1.48. The van der Waals surface area contributed by atoms with Gasteiger partial charge < -0.3 is 5.32 Å². The maximum Gasteiger partial charge on any atom is 0.324 e. The molecular weight excluding hydrogens is 276 g/mol. The van der Waals surface area contributed by atoms with E-state index in [4.69, 9.17) is 11.6 Å². The molecule has 0 bridgehead atoms. The van der Waals surface area contributed by atoms with Gasteiger partial charge in [0.2, 0.25) is 0 Å². The van der Waals surface area contributed by atoms with E-state index in [-0.39, 0.29) is 11.9 Å². The van der Waals surface area contributed by atoms with E-state index in [2.05, 4.69) is 11.9 Å². The van der Waals surface area contributed by atoms with Crippen LogP contribution in [0.4, 0.5) is 4.79 Å². The van der Waals surface area contributed by atoms with E-state index in [1.54, 1.807) is 0 Å². The first-order valence-electron chi connectivity index (χ1n) is 6.43. The van der Waals surface area contributed by atoms with Crippen molar-refractivity contribution < 1.29 is 9.59 Å². The Balaban J connectivity index is 2.01. The predicted molar refractivity (Wildman–Crippen MR) is 79.5 cm³/mol. The van der Waals surface area contributed by atoms with Crippen molar-refractivity contribution in [2.24, 2.45) is 0 Å². The van der Waals surface area contributed by atoms with Gasteiger partial charge in [0.25, 0.3) is 5.91 Å². The number of halogens is 1. The van der Waals surface area contributed by atoms with Crippen LogP contribution in [0.5, 0.6) is 0 Å². The average Bonchev–Trinajstić information content (AvgIpc) is 2.66. The maximum atomic E-state index is 11.8. The van der Waals surface area contributed by atoms with Gasteiger partial charge in [-0.25, -0.2) is 4.79 Å². The first-order chi connectivity index (χ1) is 9.41. The van der Waals surface area contributed by atoms with Crippen molar-refractivity contribution in [3.05, 3.63) is 40.9 Å². The highest BCUT2D eigenvalue weighted by Gasteiger charge is 2.34. The Morgan fingerprint density at radius 3 is 2.75 bits per heavy atom. The third-order valence-electron chi connectivity index (χ3n) is 3.61. The average molecular weight is 293 g/mol. The van der Waals surface area contributed by atoms with Crippen LogP contribution in [0.1, 0.15) is 24.0 Å². The molecule has 106 valence electrons. The Labute approximate surface area is 123 Å². The first-order valence-corrected chi connectivity index (χ1v) is 6.81. The van der Waals surface area contributed by atoms with Crippen LogP contribution in [0.2, 0.25) is 5.02 Å². The molecule has 0 radical (unpaired) electrons. The molecule has 1 atom stereocenters. The molecule has 1 aromatic carbocycles. The van der Waals surface area contributed by atoms with Crippen molar-refractivity contribution in [3.8, 4) is 0 Å². The quantitative estimate of drug-likeness (QED) is 0.867. The van der Waals surface area contributed by atoms with Gasteiger partial charge in [-0.05, 0) is 42.5 Å². The van der Waals surface area contributed by atoms with Gasteiger partial charge in [0, 0.05) is 12.1 Å². The number of urea groups is 1. The highest BCUT2D eigenvalue weighted by Crippen LogP contribution is 2.27. The van der Waals surface area contributed by atoms with Crippen molar-refractivity contribution in [2.75, 3.05) is 7.05 Å². The molecule has 1 unspecified atom stereocenters. The molecule has 2 rings (SSSR count). The minimum Gasteiger partial charge on any atom is -0.326 e. The lowest BCUT2D eigenvalue weighted by atomic mass is 9.96. The molecule has 1 aromatic rings. The van der Waals surface area contributed by atoms with Crippen LogP contribution >= 0.6 is 11.6 Å².